The lowest BCUT2D eigenvalue weighted by atomic mass is 10.2. The summed E-state index contributed by atoms with van der Waals surface area (Å²) in [6.45, 7) is 0.476. The van der Waals surface area contributed by atoms with Crippen molar-refractivity contribution < 1.29 is 4.79 Å². The maximum absolute atomic E-state index is 11.8. The molecule has 0 aromatic carbocycles. The Morgan fingerprint density at radius 2 is 2.39 bits per heavy atom. The van der Waals surface area contributed by atoms with Crippen LogP contribution in [0.5, 0.6) is 0 Å². The van der Waals surface area contributed by atoms with Crippen molar-refractivity contribution in [2.24, 2.45) is 0 Å². The highest BCUT2D eigenvalue weighted by Crippen LogP contribution is 2.14. The number of imidazole rings is 1. The number of carbonyl (C=O) groups is 1. The van der Waals surface area contributed by atoms with Gasteiger partial charge in [-0.3, -0.25) is 14.2 Å². The molecule has 0 aliphatic heterocycles. The molecule has 5 nitrogen and oxygen atoms in total. The summed E-state index contributed by atoms with van der Waals surface area (Å²) < 4.78 is 1.97. The average Bonchev–Trinajstić information content (AvgIpc) is 3.00. The SMILES string of the molecule is O=C(NCc1csc2nccn12)c1cccnc1. The molecule has 0 fully saturated rings. The lowest BCUT2D eigenvalue weighted by Crippen LogP contribution is -2.23. The van der Waals surface area contributed by atoms with E-state index in [4.69, 9.17) is 0 Å². The van der Waals surface area contributed by atoms with Gasteiger partial charge in [0.2, 0.25) is 0 Å². The quantitative estimate of drug-likeness (QED) is 0.778. The van der Waals surface area contributed by atoms with Gasteiger partial charge in [-0.15, -0.1) is 11.3 Å². The van der Waals surface area contributed by atoms with E-state index in [0.717, 1.165) is 10.7 Å². The smallest absolute Gasteiger partial charge is 0.253 e. The van der Waals surface area contributed by atoms with Crippen molar-refractivity contribution >= 4 is 22.2 Å². The van der Waals surface area contributed by atoms with Crippen molar-refractivity contribution in [3.63, 3.8) is 0 Å². The van der Waals surface area contributed by atoms with Gasteiger partial charge in [0, 0.05) is 30.2 Å². The minimum Gasteiger partial charge on any atom is -0.346 e. The van der Waals surface area contributed by atoms with Crippen molar-refractivity contribution in [1.82, 2.24) is 19.7 Å². The maximum atomic E-state index is 11.8. The van der Waals surface area contributed by atoms with Crippen LogP contribution in [0.25, 0.3) is 4.96 Å². The van der Waals surface area contributed by atoms with E-state index in [-0.39, 0.29) is 5.91 Å². The van der Waals surface area contributed by atoms with E-state index in [2.05, 4.69) is 15.3 Å². The van der Waals surface area contributed by atoms with Crippen LogP contribution in [0, 0.1) is 0 Å². The van der Waals surface area contributed by atoms with Crippen molar-refractivity contribution in [3.05, 3.63) is 53.6 Å². The number of carbonyl (C=O) groups excluding carboxylic acids is 1. The molecule has 0 unspecified atom stereocenters. The first-order valence-corrected chi connectivity index (χ1v) is 6.30. The van der Waals surface area contributed by atoms with Gasteiger partial charge in [0.25, 0.3) is 5.91 Å². The summed E-state index contributed by atoms with van der Waals surface area (Å²) in [5.74, 6) is -0.123. The molecule has 0 aliphatic carbocycles. The number of hydrogen-bond acceptors (Lipinski definition) is 4. The molecule has 0 bridgehead atoms. The highest BCUT2D eigenvalue weighted by atomic mass is 32.1. The molecule has 0 radical (unpaired) electrons. The van der Waals surface area contributed by atoms with Crippen LogP contribution in [0.3, 0.4) is 0 Å². The summed E-state index contributed by atoms with van der Waals surface area (Å²) >= 11 is 1.56. The molecule has 1 amide bonds. The topological polar surface area (TPSA) is 59.3 Å². The Kier molecular flexibility index (Phi) is 2.77. The molecule has 3 rings (SSSR count). The van der Waals surface area contributed by atoms with Gasteiger partial charge < -0.3 is 5.32 Å². The Hall–Kier alpha value is -2.21. The lowest BCUT2D eigenvalue weighted by molar-refractivity contribution is 0.0950. The van der Waals surface area contributed by atoms with Crippen LogP contribution in [0.15, 0.2) is 42.3 Å². The van der Waals surface area contributed by atoms with Crippen molar-refractivity contribution in [3.8, 4) is 0 Å². The Balaban J connectivity index is 1.72. The number of nitrogens with zero attached hydrogens (tertiary/aromatic N) is 3. The molecule has 90 valence electrons. The average molecular weight is 258 g/mol. The first-order chi connectivity index (χ1) is 8.84. The number of hydrogen-bond donors (Lipinski definition) is 1. The largest absolute Gasteiger partial charge is 0.346 e. The van der Waals surface area contributed by atoms with E-state index < -0.39 is 0 Å². The molecule has 18 heavy (non-hydrogen) atoms. The molecule has 0 saturated heterocycles. The van der Waals surface area contributed by atoms with E-state index in [1.54, 1.807) is 42.1 Å². The van der Waals surface area contributed by atoms with Crippen LogP contribution in [0.2, 0.25) is 0 Å². The molecule has 1 N–H and O–H groups in total. The minimum absolute atomic E-state index is 0.123. The summed E-state index contributed by atoms with van der Waals surface area (Å²) in [7, 11) is 0. The van der Waals surface area contributed by atoms with Gasteiger partial charge in [-0.05, 0) is 12.1 Å². The predicted molar refractivity (Wildman–Crippen MR) is 68.5 cm³/mol. The van der Waals surface area contributed by atoms with Gasteiger partial charge in [0.15, 0.2) is 4.96 Å². The maximum Gasteiger partial charge on any atom is 0.253 e. The first kappa shape index (κ1) is 10.9. The van der Waals surface area contributed by atoms with Gasteiger partial charge in [-0.1, -0.05) is 0 Å². The lowest BCUT2D eigenvalue weighted by Gasteiger charge is -2.03. The second kappa shape index (κ2) is 4.58. The third-order valence-corrected chi connectivity index (χ3v) is 3.47. The third-order valence-electron chi connectivity index (χ3n) is 2.57. The molecule has 3 aromatic rings. The third kappa shape index (κ3) is 1.98. The number of rotatable bonds is 3. The van der Waals surface area contributed by atoms with E-state index >= 15 is 0 Å². The Labute approximate surface area is 107 Å². The van der Waals surface area contributed by atoms with E-state index in [0.29, 0.717) is 12.1 Å². The van der Waals surface area contributed by atoms with Crippen LogP contribution in [-0.2, 0) is 6.54 Å². The number of aromatic nitrogens is 3. The molecule has 0 aliphatic rings. The summed E-state index contributed by atoms with van der Waals surface area (Å²) in [6.07, 6.45) is 6.83. The van der Waals surface area contributed by atoms with Gasteiger partial charge in [-0.25, -0.2) is 4.98 Å². The van der Waals surface area contributed by atoms with E-state index in [1.807, 2.05) is 16.0 Å². The number of nitrogens with one attached hydrogen (secondary N) is 1. The van der Waals surface area contributed by atoms with Crippen LogP contribution in [0.4, 0.5) is 0 Å². The highest BCUT2D eigenvalue weighted by Gasteiger charge is 2.07. The normalized spacial score (nSPS) is 10.7. The van der Waals surface area contributed by atoms with Crippen LogP contribution in [-0.4, -0.2) is 20.3 Å². The second-order valence-corrected chi connectivity index (χ2v) is 4.57. The van der Waals surface area contributed by atoms with Crippen LogP contribution >= 0.6 is 11.3 Å². The molecule has 3 heterocycles. The molecular formula is C12H10N4OS. The van der Waals surface area contributed by atoms with Gasteiger partial charge in [-0.2, -0.15) is 0 Å². The zero-order chi connectivity index (χ0) is 12.4. The summed E-state index contributed by atoms with van der Waals surface area (Å²) in [5, 5.41) is 4.85. The molecule has 0 spiro atoms. The summed E-state index contributed by atoms with van der Waals surface area (Å²) in [4.78, 5) is 20.9. The molecule has 3 aromatic heterocycles. The zero-order valence-corrected chi connectivity index (χ0v) is 10.2. The second-order valence-electron chi connectivity index (χ2n) is 3.73. The molecular weight excluding hydrogens is 248 g/mol. The van der Waals surface area contributed by atoms with E-state index in [1.165, 1.54) is 0 Å². The molecule has 6 heteroatoms. The Morgan fingerprint density at radius 3 is 3.22 bits per heavy atom. The zero-order valence-electron chi connectivity index (χ0n) is 9.41. The number of amides is 1. The predicted octanol–water partition coefficient (Wildman–Crippen LogP) is 1.72. The monoisotopic (exact) mass is 258 g/mol. The Bertz CT molecular complexity index is 674. The van der Waals surface area contributed by atoms with Crippen molar-refractivity contribution in [2.75, 3.05) is 0 Å². The fraction of sp³-hybridized carbons (Fsp3) is 0.0833. The Morgan fingerprint density at radius 1 is 1.44 bits per heavy atom. The summed E-state index contributed by atoms with van der Waals surface area (Å²) in [5.41, 5.74) is 1.58. The molecule has 0 saturated carbocycles. The van der Waals surface area contributed by atoms with Gasteiger partial charge in [0.05, 0.1) is 17.8 Å². The summed E-state index contributed by atoms with van der Waals surface area (Å²) in [6, 6.07) is 3.48. The number of fused-ring (bicyclic) bond motifs is 1. The fourth-order valence-electron chi connectivity index (χ4n) is 1.67. The van der Waals surface area contributed by atoms with Crippen LogP contribution < -0.4 is 5.32 Å². The fourth-order valence-corrected chi connectivity index (χ4v) is 2.52. The number of pyridine rings is 1. The first-order valence-electron chi connectivity index (χ1n) is 5.42. The van der Waals surface area contributed by atoms with Crippen LogP contribution in [0.1, 0.15) is 16.1 Å². The van der Waals surface area contributed by atoms with E-state index in [9.17, 15) is 4.79 Å². The minimum atomic E-state index is -0.123. The number of thiazole rings is 1. The molecule has 0 atom stereocenters. The van der Waals surface area contributed by atoms with Crippen molar-refractivity contribution in [2.45, 2.75) is 6.54 Å². The van der Waals surface area contributed by atoms with Crippen molar-refractivity contribution in [1.29, 1.82) is 0 Å². The van der Waals surface area contributed by atoms with Gasteiger partial charge in [0.1, 0.15) is 0 Å². The standard InChI is InChI=1S/C12H10N4OS/c17-11(9-2-1-3-13-6-9)15-7-10-8-18-12-14-4-5-16(10)12/h1-6,8H,7H2,(H,15,17). The van der Waals surface area contributed by atoms with Gasteiger partial charge >= 0.3 is 0 Å². The highest BCUT2D eigenvalue weighted by molar-refractivity contribution is 7.15.